The zero-order chi connectivity index (χ0) is 16.9. The molecule has 5 nitrogen and oxygen atoms in total. The van der Waals surface area contributed by atoms with E-state index in [0.717, 1.165) is 37.2 Å². The highest BCUT2D eigenvalue weighted by molar-refractivity contribution is 5.78. The van der Waals surface area contributed by atoms with Gasteiger partial charge in [-0.2, -0.15) is 5.10 Å². The molecule has 0 saturated carbocycles. The summed E-state index contributed by atoms with van der Waals surface area (Å²) in [7, 11) is 1.79. The van der Waals surface area contributed by atoms with Crippen LogP contribution in [0.2, 0.25) is 0 Å². The summed E-state index contributed by atoms with van der Waals surface area (Å²) in [5.74, 6) is 0.243. The van der Waals surface area contributed by atoms with Crippen molar-refractivity contribution >= 4 is 5.91 Å². The highest BCUT2D eigenvalue weighted by Crippen LogP contribution is 2.25. The summed E-state index contributed by atoms with van der Waals surface area (Å²) in [6.45, 7) is 2.73. The van der Waals surface area contributed by atoms with Crippen molar-refractivity contribution in [3.05, 3.63) is 53.6 Å². The number of hydrogen-bond acceptors (Lipinski definition) is 3. The van der Waals surface area contributed by atoms with Crippen LogP contribution < -0.4 is 0 Å². The number of carbonyl (C=O) groups is 1. The van der Waals surface area contributed by atoms with Crippen molar-refractivity contribution in [1.29, 1.82) is 0 Å². The normalized spacial score (nSPS) is 18.5. The predicted octanol–water partition coefficient (Wildman–Crippen LogP) is 2.39. The zero-order valence-electron chi connectivity index (χ0n) is 13.9. The van der Waals surface area contributed by atoms with Gasteiger partial charge in [0.2, 0.25) is 5.91 Å². The van der Waals surface area contributed by atoms with Crippen molar-refractivity contribution in [1.82, 2.24) is 20.0 Å². The molecule has 1 aromatic heterocycles. The molecule has 1 amide bonds. The predicted molar refractivity (Wildman–Crippen MR) is 89.9 cm³/mol. The first-order valence-electron chi connectivity index (χ1n) is 8.32. The van der Waals surface area contributed by atoms with Crippen LogP contribution in [0, 0.1) is 5.82 Å². The van der Waals surface area contributed by atoms with Crippen LogP contribution in [0.25, 0.3) is 0 Å². The minimum atomic E-state index is -0.258. The van der Waals surface area contributed by atoms with E-state index in [9.17, 15) is 9.18 Å². The highest BCUT2D eigenvalue weighted by Gasteiger charge is 2.24. The average Bonchev–Trinajstić information content (AvgIpc) is 3.12. The summed E-state index contributed by atoms with van der Waals surface area (Å²) in [5.41, 5.74) is 2.08. The molecule has 1 saturated heterocycles. The molecular weight excluding hydrogens is 307 g/mol. The number of rotatable bonds is 5. The van der Waals surface area contributed by atoms with Gasteiger partial charge in [0.1, 0.15) is 5.82 Å². The Morgan fingerprint density at radius 3 is 2.88 bits per heavy atom. The van der Waals surface area contributed by atoms with E-state index in [1.807, 2.05) is 6.07 Å². The van der Waals surface area contributed by atoms with Crippen molar-refractivity contribution in [2.45, 2.75) is 25.3 Å². The zero-order valence-corrected chi connectivity index (χ0v) is 13.9. The van der Waals surface area contributed by atoms with Gasteiger partial charge < -0.3 is 4.90 Å². The van der Waals surface area contributed by atoms with Gasteiger partial charge in [0, 0.05) is 37.9 Å². The average molecular weight is 330 g/mol. The summed E-state index contributed by atoms with van der Waals surface area (Å²) in [4.78, 5) is 16.4. The van der Waals surface area contributed by atoms with Gasteiger partial charge in [0.05, 0.1) is 6.54 Å². The van der Waals surface area contributed by atoms with Crippen molar-refractivity contribution in [3.8, 4) is 0 Å². The molecule has 1 aliphatic heterocycles. The number of hydrogen-bond donors (Lipinski definition) is 1. The van der Waals surface area contributed by atoms with Crippen LogP contribution in [-0.4, -0.2) is 52.6 Å². The lowest BCUT2D eigenvalue weighted by Gasteiger charge is -2.32. The largest absolute Gasteiger partial charge is 0.340 e. The molecule has 3 rings (SSSR count). The second-order valence-corrected chi connectivity index (χ2v) is 6.46. The molecule has 0 spiro atoms. The van der Waals surface area contributed by atoms with Gasteiger partial charge in [-0.1, -0.05) is 12.1 Å². The van der Waals surface area contributed by atoms with Gasteiger partial charge in [-0.15, -0.1) is 0 Å². The molecule has 6 heteroatoms. The van der Waals surface area contributed by atoms with Gasteiger partial charge in [-0.3, -0.25) is 14.8 Å². The Kier molecular flexibility index (Phi) is 5.25. The second kappa shape index (κ2) is 7.57. The van der Waals surface area contributed by atoms with Crippen LogP contribution in [0.5, 0.6) is 0 Å². The quantitative estimate of drug-likeness (QED) is 0.916. The SMILES string of the molecule is CN(Cc1ccc(F)cc1)C(=O)CN1CCCC(c2ccn[nH]2)C1. The first-order chi connectivity index (χ1) is 11.6. The minimum Gasteiger partial charge on any atom is -0.340 e. The number of nitrogens with zero attached hydrogens (tertiary/aromatic N) is 3. The highest BCUT2D eigenvalue weighted by atomic mass is 19.1. The van der Waals surface area contributed by atoms with Crippen LogP contribution in [0.3, 0.4) is 0 Å². The first kappa shape index (κ1) is 16.6. The minimum absolute atomic E-state index is 0.0876. The van der Waals surface area contributed by atoms with Crippen LogP contribution in [0.1, 0.15) is 30.0 Å². The summed E-state index contributed by atoms with van der Waals surface area (Å²) in [6, 6.07) is 8.29. The van der Waals surface area contributed by atoms with Crippen LogP contribution in [-0.2, 0) is 11.3 Å². The van der Waals surface area contributed by atoms with Gasteiger partial charge in [-0.25, -0.2) is 4.39 Å². The number of carbonyl (C=O) groups excluding carboxylic acids is 1. The Morgan fingerprint density at radius 1 is 1.38 bits per heavy atom. The maximum Gasteiger partial charge on any atom is 0.236 e. The molecule has 1 aliphatic rings. The number of aromatic amines is 1. The lowest BCUT2D eigenvalue weighted by molar-refractivity contribution is -0.131. The van der Waals surface area contributed by atoms with Gasteiger partial charge in [-0.05, 0) is 43.1 Å². The number of likely N-dealkylation sites (tertiary alicyclic amines) is 1. The number of H-pyrrole nitrogens is 1. The maximum atomic E-state index is 13.0. The lowest BCUT2D eigenvalue weighted by Crippen LogP contribution is -2.42. The van der Waals surface area contributed by atoms with E-state index in [1.54, 1.807) is 30.3 Å². The summed E-state index contributed by atoms with van der Waals surface area (Å²) < 4.78 is 13.0. The molecule has 2 heterocycles. The fraction of sp³-hybridized carbons (Fsp3) is 0.444. The second-order valence-electron chi connectivity index (χ2n) is 6.46. The molecule has 1 N–H and O–H groups in total. The molecule has 24 heavy (non-hydrogen) atoms. The van der Waals surface area contributed by atoms with Gasteiger partial charge in [0.25, 0.3) is 0 Å². The van der Waals surface area contributed by atoms with E-state index in [4.69, 9.17) is 0 Å². The van der Waals surface area contributed by atoms with Crippen molar-refractivity contribution in [2.24, 2.45) is 0 Å². The fourth-order valence-corrected chi connectivity index (χ4v) is 3.21. The topological polar surface area (TPSA) is 52.2 Å². The number of aromatic nitrogens is 2. The molecule has 2 aromatic rings. The van der Waals surface area contributed by atoms with Crippen molar-refractivity contribution in [3.63, 3.8) is 0 Å². The number of amides is 1. The Morgan fingerprint density at radius 2 is 2.17 bits per heavy atom. The Bertz CT molecular complexity index is 656. The van der Waals surface area contributed by atoms with E-state index in [-0.39, 0.29) is 11.7 Å². The molecule has 0 bridgehead atoms. The van der Waals surface area contributed by atoms with E-state index < -0.39 is 0 Å². The van der Waals surface area contributed by atoms with Gasteiger partial charge in [0.15, 0.2) is 0 Å². The number of likely N-dealkylation sites (N-methyl/N-ethyl adjacent to an activating group) is 1. The molecule has 0 radical (unpaired) electrons. The summed E-state index contributed by atoms with van der Waals surface area (Å²) in [6.07, 6.45) is 3.98. The third-order valence-corrected chi connectivity index (χ3v) is 4.59. The van der Waals surface area contributed by atoms with Crippen LogP contribution >= 0.6 is 0 Å². The third-order valence-electron chi connectivity index (χ3n) is 4.59. The summed E-state index contributed by atoms with van der Waals surface area (Å²) in [5, 5.41) is 7.06. The van der Waals surface area contributed by atoms with Crippen LogP contribution in [0.4, 0.5) is 4.39 Å². The van der Waals surface area contributed by atoms with E-state index in [0.29, 0.717) is 19.0 Å². The van der Waals surface area contributed by atoms with Gasteiger partial charge >= 0.3 is 0 Å². The monoisotopic (exact) mass is 330 g/mol. The molecular formula is C18H23FN4O. The van der Waals surface area contributed by atoms with E-state index in [1.165, 1.54) is 12.1 Å². The third kappa shape index (κ3) is 4.20. The molecule has 0 aliphatic carbocycles. The molecule has 128 valence electrons. The number of nitrogens with one attached hydrogen (secondary N) is 1. The fourth-order valence-electron chi connectivity index (χ4n) is 3.21. The number of benzene rings is 1. The maximum absolute atomic E-state index is 13.0. The lowest BCUT2D eigenvalue weighted by atomic mass is 9.95. The van der Waals surface area contributed by atoms with Crippen molar-refractivity contribution in [2.75, 3.05) is 26.7 Å². The van der Waals surface area contributed by atoms with E-state index >= 15 is 0 Å². The summed E-state index contributed by atoms with van der Waals surface area (Å²) >= 11 is 0. The smallest absolute Gasteiger partial charge is 0.236 e. The standard InChI is InChI=1S/C18H23FN4O/c1-22(11-14-4-6-16(19)7-5-14)18(24)13-23-10-2-3-15(12-23)17-8-9-20-21-17/h4-9,15H,2-3,10-13H2,1H3,(H,20,21). The van der Waals surface area contributed by atoms with E-state index in [2.05, 4.69) is 15.1 Å². The molecule has 1 atom stereocenters. The molecule has 1 fully saturated rings. The first-order valence-corrected chi connectivity index (χ1v) is 8.32. The molecule has 1 unspecified atom stereocenters. The Balaban J connectivity index is 1.52. The molecule has 1 aromatic carbocycles. The number of piperidine rings is 1. The number of halogens is 1. The Labute approximate surface area is 141 Å². The Hall–Kier alpha value is -2.21. The van der Waals surface area contributed by atoms with Crippen LogP contribution in [0.15, 0.2) is 36.5 Å². The van der Waals surface area contributed by atoms with Crippen molar-refractivity contribution < 1.29 is 9.18 Å².